The molecule has 5 heteroatoms. The fourth-order valence-electron chi connectivity index (χ4n) is 1.83. The molecule has 2 N–H and O–H groups in total. The van der Waals surface area contributed by atoms with E-state index in [4.69, 9.17) is 5.73 Å². The second-order valence-electron chi connectivity index (χ2n) is 4.48. The molecule has 1 fully saturated rings. The largest absolute Gasteiger partial charge is 0.370 e. The number of nitrogens with zero attached hydrogens (tertiary/aromatic N) is 2. The van der Waals surface area contributed by atoms with Crippen LogP contribution in [0, 0.1) is 5.92 Å². The lowest BCUT2D eigenvalue weighted by atomic mass is 9.85. The first-order valence-electron chi connectivity index (χ1n) is 5.78. The number of halogens is 1. The maximum absolute atomic E-state index is 5.94. The number of thiophene rings is 1. The van der Waals surface area contributed by atoms with Gasteiger partial charge in [-0.3, -0.25) is 0 Å². The summed E-state index contributed by atoms with van der Waals surface area (Å²) in [5.74, 6) is 1.50. The van der Waals surface area contributed by atoms with E-state index in [9.17, 15) is 0 Å². The molecule has 0 radical (unpaired) electrons. The van der Waals surface area contributed by atoms with Gasteiger partial charge in [-0.1, -0.05) is 6.42 Å². The second-order valence-corrected chi connectivity index (χ2v) is 5.26. The first-order valence-corrected chi connectivity index (χ1v) is 6.72. The van der Waals surface area contributed by atoms with Gasteiger partial charge in [-0.05, 0) is 41.1 Å². The van der Waals surface area contributed by atoms with E-state index in [1.165, 1.54) is 24.8 Å². The maximum atomic E-state index is 5.94. The number of hydrogen-bond donors (Lipinski definition) is 1. The fraction of sp³-hybridized carbons (Fsp3) is 0.583. The Morgan fingerprint density at radius 1 is 1.59 bits per heavy atom. The summed E-state index contributed by atoms with van der Waals surface area (Å²) >= 11 is 1.70. The third-order valence-corrected chi connectivity index (χ3v) is 3.88. The lowest BCUT2D eigenvalue weighted by Gasteiger charge is -2.30. The molecule has 1 aromatic heterocycles. The second kappa shape index (κ2) is 7.01. The van der Waals surface area contributed by atoms with Crippen LogP contribution in [-0.2, 0) is 6.54 Å². The van der Waals surface area contributed by atoms with Crippen LogP contribution < -0.4 is 5.73 Å². The van der Waals surface area contributed by atoms with Crippen LogP contribution in [0.2, 0.25) is 0 Å². The maximum Gasteiger partial charge on any atom is 0.191 e. The van der Waals surface area contributed by atoms with E-state index < -0.39 is 0 Å². The van der Waals surface area contributed by atoms with Gasteiger partial charge in [0.2, 0.25) is 0 Å². The molecular weight excluding hydrogens is 298 g/mol. The number of hydrogen-bond acceptors (Lipinski definition) is 2. The van der Waals surface area contributed by atoms with Crippen molar-refractivity contribution in [2.75, 3.05) is 13.6 Å². The van der Waals surface area contributed by atoms with Crippen LogP contribution in [-0.4, -0.2) is 24.5 Å². The zero-order valence-corrected chi connectivity index (χ0v) is 12.7. The van der Waals surface area contributed by atoms with E-state index in [0.717, 1.165) is 12.5 Å². The van der Waals surface area contributed by atoms with Crippen molar-refractivity contribution >= 4 is 34.3 Å². The van der Waals surface area contributed by atoms with Crippen LogP contribution >= 0.6 is 28.3 Å². The summed E-state index contributed by atoms with van der Waals surface area (Å²) in [7, 11) is 2.03. The first kappa shape index (κ1) is 14.5. The quantitative estimate of drug-likeness (QED) is 0.685. The van der Waals surface area contributed by atoms with E-state index in [2.05, 4.69) is 26.7 Å². The van der Waals surface area contributed by atoms with Crippen molar-refractivity contribution < 1.29 is 0 Å². The molecule has 17 heavy (non-hydrogen) atoms. The zero-order valence-electron chi connectivity index (χ0n) is 10.1. The Hall–Kier alpha value is -0.550. The lowest BCUT2D eigenvalue weighted by Crippen LogP contribution is -2.39. The van der Waals surface area contributed by atoms with Crippen molar-refractivity contribution in [3.05, 3.63) is 22.4 Å². The Balaban J connectivity index is 0.00000144. The smallest absolute Gasteiger partial charge is 0.191 e. The monoisotopic (exact) mass is 317 g/mol. The molecule has 0 amide bonds. The molecule has 1 saturated carbocycles. The molecule has 0 unspecified atom stereocenters. The third-order valence-electron chi connectivity index (χ3n) is 3.15. The summed E-state index contributed by atoms with van der Waals surface area (Å²) in [6, 6.07) is 2.09. The van der Waals surface area contributed by atoms with Crippen LogP contribution in [0.1, 0.15) is 24.8 Å². The predicted octanol–water partition coefficient (Wildman–Crippen LogP) is 2.87. The van der Waals surface area contributed by atoms with Gasteiger partial charge in [0.1, 0.15) is 0 Å². The number of rotatable bonds is 4. The molecule has 1 aromatic rings. The Morgan fingerprint density at radius 3 is 2.88 bits per heavy atom. The standard InChI is InChI=1S/C12H19N3S.BrH/c1-15(8-10-3-2-4-10)12(13)14-7-11-5-6-16-9-11;/h5-6,9-10H,2-4,7-8H2,1H3,(H2,13,14);1H. The van der Waals surface area contributed by atoms with Crippen LogP contribution in [0.3, 0.4) is 0 Å². The van der Waals surface area contributed by atoms with Crippen molar-refractivity contribution in [3.63, 3.8) is 0 Å². The molecular formula is C12H20BrN3S. The van der Waals surface area contributed by atoms with Crippen molar-refractivity contribution in [2.24, 2.45) is 16.6 Å². The topological polar surface area (TPSA) is 41.6 Å². The average Bonchev–Trinajstić information content (AvgIpc) is 2.72. The highest BCUT2D eigenvalue weighted by Gasteiger charge is 2.19. The summed E-state index contributed by atoms with van der Waals surface area (Å²) in [6.07, 6.45) is 4.08. The molecule has 0 bridgehead atoms. The van der Waals surface area contributed by atoms with Crippen LogP contribution in [0.15, 0.2) is 21.8 Å². The number of aliphatic imine (C=N–C) groups is 1. The SMILES string of the molecule is Br.CN(CC1CCC1)C(N)=NCc1ccsc1. The van der Waals surface area contributed by atoms with Crippen molar-refractivity contribution in [1.29, 1.82) is 0 Å². The number of guanidine groups is 1. The third kappa shape index (κ3) is 4.32. The van der Waals surface area contributed by atoms with Gasteiger partial charge in [0, 0.05) is 13.6 Å². The van der Waals surface area contributed by atoms with Crippen molar-refractivity contribution in [3.8, 4) is 0 Å². The lowest BCUT2D eigenvalue weighted by molar-refractivity contribution is 0.257. The Bertz CT molecular complexity index is 347. The Kier molecular flexibility index (Phi) is 5.98. The molecule has 3 nitrogen and oxygen atoms in total. The molecule has 0 aromatic carbocycles. The van der Waals surface area contributed by atoms with E-state index in [0.29, 0.717) is 12.5 Å². The van der Waals surface area contributed by atoms with Crippen LogP contribution in [0.5, 0.6) is 0 Å². The van der Waals surface area contributed by atoms with Gasteiger partial charge in [-0.25, -0.2) is 4.99 Å². The molecule has 2 rings (SSSR count). The highest BCUT2D eigenvalue weighted by atomic mass is 79.9. The van der Waals surface area contributed by atoms with Crippen LogP contribution in [0.25, 0.3) is 0 Å². The first-order chi connectivity index (χ1) is 7.75. The zero-order chi connectivity index (χ0) is 11.4. The molecule has 0 saturated heterocycles. The van der Waals surface area contributed by atoms with Gasteiger partial charge in [0.05, 0.1) is 6.54 Å². The van der Waals surface area contributed by atoms with Gasteiger partial charge < -0.3 is 10.6 Å². The summed E-state index contributed by atoms with van der Waals surface area (Å²) < 4.78 is 0. The minimum Gasteiger partial charge on any atom is -0.370 e. The van der Waals surface area contributed by atoms with Crippen molar-refractivity contribution in [2.45, 2.75) is 25.8 Å². The minimum absolute atomic E-state index is 0. The summed E-state index contributed by atoms with van der Waals surface area (Å²) in [4.78, 5) is 6.48. The Morgan fingerprint density at radius 2 is 2.35 bits per heavy atom. The highest BCUT2D eigenvalue weighted by molar-refractivity contribution is 8.93. The molecule has 1 aliphatic rings. The predicted molar refractivity (Wildman–Crippen MR) is 79.9 cm³/mol. The summed E-state index contributed by atoms with van der Waals surface area (Å²) in [6.45, 7) is 1.75. The number of nitrogens with two attached hydrogens (primary N) is 1. The van der Waals surface area contributed by atoms with E-state index >= 15 is 0 Å². The highest BCUT2D eigenvalue weighted by Crippen LogP contribution is 2.26. The van der Waals surface area contributed by atoms with E-state index in [1.807, 2.05) is 7.05 Å². The molecule has 0 aliphatic heterocycles. The summed E-state index contributed by atoms with van der Waals surface area (Å²) in [5, 5.41) is 4.18. The van der Waals surface area contributed by atoms with Crippen molar-refractivity contribution in [1.82, 2.24) is 4.90 Å². The minimum atomic E-state index is 0. The van der Waals surface area contributed by atoms with Gasteiger partial charge in [-0.2, -0.15) is 11.3 Å². The Labute approximate surface area is 117 Å². The van der Waals surface area contributed by atoms with Crippen LogP contribution in [0.4, 0.5) is 0 Å². The molecule has 1 heterocycles. The van der Waals surface area contributed by atoms with E-state index in [-0.39, 0.29) is 17.0 Å². The molecule has 0 spiro atoms. The fourth-order valence-corrected chi connectivity index (χ4v) is 2.49. The normalized spacial score (nSPS) is 16.2. The van der Waals surface area contributed by atoms with Gasteiger partial charge in [0.25, 0.3) is 0 Å². The molecule has 0 atom stereocenters. The molecule has 96 valence electrons. The van der Waals surface area contributed by atoms with Gasteiger partial charge >= 0.3 is 0 Å². The van der Waals surface area contributed by atoms with E-state index in [1.54, 1.807) is 11.3 Å². The average molecular weight is 318 g/mol. The molecule has 1 aliphatic carbocycles. The van der Waals surface area contributed by atoms with Gasteiger partial charge in [-0.15, -0.1) is 17.0 Å². The van der Waals surface area contributed by atoms with Gasteiger partial charge in [0.15, 0.2) is 5.96 Å². The summed E-state index contributed by atoms with van der Waals surface area (Å²) in [5.41, 5.74) is 7.18.